The van der Waals surface area contributed by atoms with Crippen LogP contribution < -0.4 is 9.80 Å². The van der Waals surface area contributed by atoms with Crippen LogP contribution >= 0.6 is 11.3 Å². The van der Waals surface area contributed by atoms with E-state index in [9.17, 15) is 0 Å². The number of para-hydroxylation sites is 3. The maximum atomic E-state index is 2.50. The van der Waals surface area contributed by atoms with Crippen LogP contribution in [0.15, 0.2) is 231 Å². The second-order valence-electron chi connectivity index (χ2n) is 18.8. The Hall–Kier alpha value is -7.98. The average molecular weight is 873 g/mol. The molecule has 1 atom stereocenters. The largest absolute Gasteiger partial charge is 0.310 e. The average Bonchev–Trinajstić information content (AvgIpc) is 3.98. The molecular weight excluding hydrogens is 829 g/mol. The molecule has 1 unspecified atom stereocenters. The normalized spacial score (nSPS) is 15.8. The number of hydrogen-bond acceptors (Lipinski definition) is 3. The first-order chi connectivity index (χ1) is 33.0. The van der Waals surface area contributed by atoms with Crippen LogP contribution in [0.2, 0.25) is 0 Å². The Kier molecular flexibility index (Phi) is 8.15. The number of fused-ring (bicyclic) bond motifs is 11. The Morgan fingerprint density at radius 2 is 0.955 bits per heavy atom. The van der Waals surface area contributed by atoms with E-state index in [0.717, 1.165) is 17.1 Å². The molecule has 0 spiro atoms. The molecule has 1 aliphatic heterocycles. The summed E-state index contributed by atoms with van der Waals surface area (Å²) in [4.78, 5) is 4.89. The van der Waals surface area contributed by atoms with E-state index in [0.29, 0.717) is 0 Å². The summed E-state index contributed by atoms with van der Waals surface area (Å²) in [5.41, 5.74) is 22.2. The van der Waals surface area contributed by atoms with Crippen LogP contribution in [0.5, 0.6) is 0 Å². The molecule has 316 valence electrons. The summed E-state index contributed by atoms with van der Waals surface area (Å²) in [6.45, 7) is 4.72. The maximum absolute atomic E-state index is 2.50. The zero-order chi connectivity index (χ0) is 44.4. The molecule has 67 heavy (non-hydrogen) atoms. The fourth-order valence-electron chi connectivity index (χ4n) is 12.1. The van der Waals surface area contributed by atoms with E-state index in [4.69, 9.17) is 0 Å². The second kappa shape index (κ2) is 14.3. The van der Waals surface area contributed by atoms with Crippen LogP contribution in [0.3, 0.4) is 0 Å². The van der Waals surface area contributed by atoms with Crippen LogP contribution in [0.4, 0.5) is 34.1 Å². The predicted octanol–water partition coefficient (Wildman–Crippen LogP) is 17.6. The standard InChI is InChI=1S/C64H44N2S/c1-63(2)54-25-13-12-23-48(54)49-35-31-46(39-56(49)63)65(44-19-8-4-9-20-44)47-32-36-52-51-34-30-42(38-60(51)67-61(52)40-47)41-29-33-50-53-24-16-28-59-62(53)64(57(50)37-41,43-17-6-3-7-18-43)55-26-14-15-27-58(55)66(59)45-21-10-5-11-22-45/h3-40H,1-2H3. The summed E-state index contributed by atoms with van der Waals surface area (Å²) in [5.74, 6) is 0. The SMILES string of the molecule is CC1(C)c2ccccc2-c2ccc(N(c3ccccc3)c3ccc4c(c3)sc3cc(-c5ccc6c(c5)C5(c7ccccc7)c7ccccc7N(c7ccccc7)c7cccc-6c75)ccc34)cc21. The minimum Gasteiger partial charge on any atom is -0.310 e. The minimum absolute atomic E-state index is 0.0875. The molecule has 2 aliphatic carbocycles. The Balaban J connectivity index is 0.901. The first-order valence-corrected chi connectivity index (χ1v) is 24.1. The first kappa shape index (κ1) is 38.3. The lowest BCUT2D eigenvalue weighted by molar-refractivity contribution is 0.660. The quantitative estimate of drug-likeness (QED) is 0.164. The van der Waals surface area contributed by atoms with Crippen LogP contribution in [-0.4, -0.2) is 0 Å². The number of nitrogens with zero attached hydrogens (tertiary/aromatic N) is 2. The van der Waals surface area contributed by atoms with Gasteiger partial charge in [0.25, 0.3) is 0 Å². The van der Waals surface area contributed by atoms with E-state index in [1.807, 2.05) is 11.3 Å². The highest BCUT2D eigenvalue weighted by molar-refractivity contribution is 7.25. The van der Waals surface area contributed by atoms with Gasteiger partial charge in [-0.2, -0.15) is 0 Å². The molecule has 10 aromatic carbocycles. The molecule has 3 heteroatoms. The van der Waals surface area contributed by atoms with Crippen molar-refractivity contribution < 1.29 is 0 Å². The van der Waals surface area contributed by atoms with Gasteiger partial charge >= 0.3 is 0 Å². The van der Waals surface area contributed by atoms with Crippen molar-refractivity contribution in [2.75, 3.05) is 9.80 Å². The molecule has 1 aromatic heterocycles. The lowest BCUT2D eigenvalue weighted by atomic mass is 9.64. The van der Waals surface area contributed by atoms with Crippen LogP contribution in [-0.2, 0) is 10.8 Å². The van der Waals surface area contributed by atoms with Gasteiger partial charge in [0.1, 0.15) is 0 Å². The third kappa shape index (κ3) is 5.38. The van der Waals surface area contributed by atoms with E-state index in [1.54, 1.807) is 0 Å². The number of thiophene rings is 1. The monoisotopic (exact) mass is 872 g/mol. The fourth-order valence-corrected chi connectivity index (χ4v) is 13.3. The smallest absolute Gasteiger partial charge is 0.0754 e. The molecule has 0 saturated heterocycles. The molecule has 11 aromatic rings. The molecule has 0 N–H and O–H groups in total. The molecule has 0 fully saturated rings. The summed E-state index contributed by atoms with van der Waals surface area (Å²) in [6.07, 6.45) is 0. The summed E-state index contributed by atoms with van der Waals surface area (Å²) in [5, 5.41) is 2.58. The number of anilines is 6. The number of benzene rings is 10. The van der Waals surface area contributed by atoms with Crippen molar-refractivity contribution in [3.05, 3.63) is 264 Å². The van der Waals surface area contributed by atoms with Gasteiger partial charge in [-0.15, -0.1) is 11.3 Å². The molecule has 0 saturated carbocycles. The van der Waals surface area contributed by atoms with Gasteiger partial charge in [0, 0.05) is 53.9 Å². The minimum atomic E-state index is -0.498. The van der Waals surface area contributed by atoms with Gasteiger partial charge in [0.05, 0.1) is 16.8 Å². The van der Waals surface area contributed by atoms with Crippen molar-refractivity contribution in [2.45, 2.75) is 24.7 Å². The van der Waals surface area contributed by atoms with Gasteiger partial charge in [-0.05, 0) is 134 Å². The Morgan fingerprint density at radius 1 is 0.388 bits per heavy atom. The number of rotatable bonds is 6. The molecular formula is C64H44N2S. The van der Waals surface area contributed by atoms with Gasteiger partial charge < -0.3 is 9.80 Å². The third-order valence-corrected chi connectivity index (χ3v) is 16.1. The molecule has 14 rings (SSSR count). The van der Waals surface area contributed by atoms with E-state index in [1.165, 1.54) is 104 Å². The van der Waals surface area contributed by atoms with E-state index < -0.39 is 5.41 Å². The van der Waals surface area contributed by atoms with Crippen LogP contribution in [0.25, 0.3) is 53.6 Å². The van der Waals surface area contributed by atoms with E-state index in [2.05, 4.69) is 254 Å². The summed E-state index contributed by atoms with van der Waals surface area (Å²) in [6, 6.07) is 86.1. The maximum Gasteiger partial charge on any atom is 0.0754 e. The van der Waals surface area contributed by atoms with Crippen LogP contribution in [0.1, 0.15) is 47.2 Å². The van der Waals surface area contributed by atoms with Gasteiger partial charge in [-0.3, -0.25) is 0 Å². The lowest BCUT2D eigenvalue weighted by Crippen LogP contribution is -2.35. The molecule has 2 nitrogen and oxygen atoms in total. The van der Waals surface area contributed by atoms with Crippen LogP contribution in [0, 0.1) is 0 Å². The Morgan fingerprint density at radius 3 is 1.78 bits per heavy atom. The topological polar surface area (TPSA) is 6.48 Å². The van der Waals surface area contributed by atoms with Gasteiger partial charge in [-0.1, -0.05) is 172 Å². The highest BCUT2D eigenvalue weighted by Crippen LogP contribution is 2.65. The fraction of sp³-hybridized carbons (Fsp3) is 0.0625. The van der Waals surface area contributed by atoms with Crippen molar-refractivity contribution in [1.82, 2.24) is 0 Å². The summed E-state index contributed by atoms with van der Waals surface area (Å²) >= 11 is 1.89. The van der Waals surface area contributed by atoms with Gasteiger partial charge in [0.2, 0.25) is 0 Å². The Labute approximate surface area is 395 Å². The first-order valence-electron chi connectivity index (χ1n) is 23.3. The molecule has 0 bridgehead atoms. The second-order valence-corrected chi connectivity index (χ2v) is 19.9. The van der Waals surface area contributed by atoms with Crippen molar-refractivity contribution >= 4 is 65.6 Å². The molecule has 0 amide bonds. The highest BCUT2D eigenvalue weighted by atomic mass is 32.1. The van der Waals surface area contributed by atoms with Crippen molar-refractivity contribution in [1.29, 1.82) is 0 Å². The molecule has 3 aliphatic rings. The Bertz CT molecular complexity index is 3790. The summed E-state index contributed by atoms with van der Waals surface area (Å²) < 4.78 is 2.57. The van der Waals surface area contributed by atoms with Crippen molar-refractivity contribution in [3.8, 4) is 33.4 Å². The molecule has 0 radical (unpaired) electrons. The lowest BCUT2D eigenvalue weighted by Gasteiger charge is -2.44. The van der Waals surface area contributed by atoms with Gasteiger partial charge in [-0.25, -0.2) is 0 Å². The zero-order valence-corrected chi connectivity index (χ0v) is 38.1. The van der Waals surface area contributed by atoms with E-state index in [-0.39, 0.29) is 5.41 Å². The predicted molar refractivity (Wildman–Crippen MR) is 283 cm³/mol. The van der Waals surface area contributed by atoms with Gasteiger partial charge in [0.15, 0.2) is 0 Å². The third-order valence-electron chi connectivity index (χ3n) is 15.0. The summed E-state index contributed by atoms with van der Waals surface area (Å²) in [7, 11) is 0. The van der Waals surface area contributed by atoms with Crippen molar-refractivity contribution in [3.63, 3.8) is 0 Å². The van der Waals surface area contributed by atoms with Crippen molar-refractivity contribution in [2.24, 2.45) is 0 Å². The number of hydrogen-bond donors (Lipinski definition) is 0. The highest BCUT2D eigenvalue weighted by Gasteiger charge is 2.52. The molecule has 2 heterocycles. The van der Waals surface area contributed by atoms with E-state index >= 15 is 0 Å². The zero-order valence-electron chi connectivity index (χ0n) is 37.2.